The summed E-state index contributed by atoms with van der Waals surface area (Å²) in [6, 6.07) is 20.8. The summed E-state index contributed by atoms with van der Waals surface area (Å²) in [5, 5.41) is 4.63. The molecule has 3 aromatic heterocycles. The van der Waals surface area contributed by atoms with Crippen LogP contribution in [-0.4, -0.2) is 20.6 Å². The first-order chi connectivity index (χ1) is 15.2. The lowest BCUT2D eigenvalue weighted by Gasteiger charge is -2.08. The van der Waals surface area contributed by atoms with Gasteiger partial charge >= 0.3 is 0 Å². The third kappa shape index (κ3) is 4.15. The quantitative estimate of drug-likeness (QED) is 0.393. The van der Waals surface area contributed by atoms with Crippen LogP contribution in [0.1, 0.15) is 17.4 Å². The molecule has 0 aliphatic carbocycles. The summed E-state index contributed by atoms with van der Waals surface area (Å²) >= 11 is 1.57. The van der Waals surface area contributed by atoms with Crippen molar-refractivity contribution < 1.29 is 0 Å². The minimum absolute atomic E-state index is 0.158. The summed E-state index contributed by atoms with van der Waals surface area (Å²) in [6.45, 7) is 2.72. The predicted molar refractivity (Wildman–Crippen MR) is 129 cm³/mol. The fraction of sp³-hybridized carbons (Fsp3) is 0.120. The van der Waals surface area contributed by atoms with E-state index < -0.39 is 0 Å². The molecule has 0 saturated heterocycles. The van der Waals surface area contributed by atoms with Crippen molar-refractivity contribution in [2.45, 2.75) is 19.5 Å². The number of aromatic nitrogens is 3. The van der Waals surface area contributed by atoms with Gasteiger partial charge in [-0.05, 0) is 42.8 Å². The maximum Gasteiger partial charge on any atom is 0.151 e. The molecule has 1 unspecified atom stereocenters. The molecule has 152 valence electrons. The van der Waals surface area contributed by atoms with Crippen LogP contribution in [0.15, 0.2) is 73.2 Å². The van der Waals surface area contributed by atoms with Gasteiger partial charge in [-0.15, -0.1) is 11.3 Å². The number of fused-ring (bicyclic) bond motifs is 2. The van der Waals surface area contributed by atoms with Crippen LogP contribution in [0.3, 0.4) is 0 Å². The summed E-state index contributed by atoms with van der Waals surface area (Å²) in [7, 11) is 0. The largest absolute Gasteiger partial charge is 0.343 e. The van der Waals surface area contributed by atoms with Crippen molar-refractivity contribution in [1.29, 1.82) is 0 Å². The van der Waals surface area contributed by atoms with Crippen molar-refractivity contribution in [3.8, 4) is 11.8 Å². The Morgan fingerprint density at radius 1 is 1.10 bits per heavy atom. The van der Waals surface area contributed by atoms with Crippen molar-refractivity contribution in [3.63, 3.8) is 0 Å². The number of hydrogen-bond acceptors (Lipinski definition) is 5. The Balaban J connectivity index is 1.43. The summed E-state index contributed by atoms with van der Waals surface area (Å²) in [5.41, 5.74) is 10.1. The van der Waals surface area contributed by atoms with E-state index in [4.69, 9.17) is 5.73 Å². The van der Waals surface area contributed by atoms with Crippen LogP contribution in [0, 0.1) is 11.8 Å². The molecule has 0 aliphatic heterocycles. The first-order valence-electron chi connectivity index (χ1n) is 10.1. The Morgan fingerprint density at radius 3 is 2.81 bits per heavy atom. The van der Waals surface area contributed by atoms with Gasteiger partial charge in [-0.1, -0.05) is 42.2 Å². The van der Waals surface area contributed by atoms with Crippen LogP contribution in [0.25, 0.3) is 21.1 Å². The predicted octanol–water partition coefficient (Wildman–Crippen LogP) is 5.14. The number of thiophene rings is 1. The Hall–Kier alpha value is -3.66. The normalized spacial score (nSPS) is 11.9. The molecular formula is C25H21N5S. The van der Waals surface area contributed by atoms with E-state index in [0.29, 0.717) is 0 Å². The first kappa shape index (κ1) is 19.3. The number of nitrogens with zero attached hydrogens (tertiary/aromatic N) is 3. The number of nitrogens with one attached hydrogen (secondary N) is 1. The molecule has 0 fully saturated rings. The van der Waals surface area contributed by atoms with Gasteiger partial charge in [-0.2, -0.15) is 0 Å². The van der Waals surface area contributed by atoms with Crippen LogP contribution >= 0.6 is 11.3 Å². The van der Waals surface area contributed by atoms with E-state index in [2.05, 4.69) is 86.4 Å². The molecule has 0 spiro atoms. The van der Waals surface area contributed by atoms with Crippen molar-refractivity contribution in [2.24, 2.45) is 5.73 Å². The van der Waals surface area contributed by atoms with Gasteiger partial charge in [0, 0.05) is 29.3 Å². The topological polar surface area (TPSA) is 68.8 Å². The van der Waals surface area contributed by atoms with Crippen molar-refractivity contribution in [3.05, 3.63) is 83.6 Å². The second-order valence-electron chi connectivity index (χ2n) is 7.43. The molecular weight excluding hydrogens is 402 g/mol. The average Bonchev–Trinajstić information content (AvgIpc) is 3.37. The second-order valence-corrected chi connectivity index (χ2v) is 8.49. The summed E-state index contributed by atoms with van der Waals surface area (Å²) in [4.78, 5) is 9.78. The molecule has 0 amide bonds. The summed E-state index contributed by atoms with van der Waals surface area (Å²) in [5.74, 6) is 6.90. The lowest BCUT2D eigenvalue weighted by Crippen LogP contribution is -2.10. The summed E-state index contributed by atoms with van der Waals surface area (Å²) in [6.07, 6.45) is 3.71. The van der Waals surface area contributed by atoms with Crippen LogP contribution in [0.5, 0.6) is 0 Å². The monoisotopic (exact) mass is 423 g/mol. The molecule has 1 atom stereocenters. The Morgan fingerprint density at radius 2 is 1.97 bits per heavy atom. The van der Waals surface area contributed by atoms with Gasteiger partial charge in [-0.3, -0.25) is 0 Å². The highest BCUT2D eigenvalue weighted by atomic mass is 32.1. The minimum Gasteiger partial charge on any atom is -0.343 e. The molecule has 2 aromatic carbocycles. The molecule has 5 nitrogen and oxygen atoms in total. The maximum absolute atomic E-state index is 5.75. The standard InChI is InChI=1S/C25H21N5S/c1-17(26)7-9-21-14-22-24(31-21)25(28-16-27-22)29-20-8-10-23-19(13-20)11-12-30(23)15-18-5-3-2-4-6-18/h2-6,8,10-14,16-17H,15,26H2,1H3,(H,27,28,29). The molecule has 0 radical (unpaired) electrons. The number of nitrogens with two attached hydrogens (primary N) is 1. The summed E-state index contributed by atoms with van der Waals surface area (Å²) < 4.78 is 3.25. The molecule has 31 heavy (non-hydrogen) atoms. The Bertz CT molecular complexity index is 1420. The molecule has 0 saturated carbocycles. The van der Waals surface area contributed by atoms with Gasteiger partial charge in [0.1, 0.15) is 6.33 Å². The average molecular weight is 424 g/mol. The third-order valence-corrected chi connectivity index (χ3v) is 6.01. The van der Waals surface area contributed by atoms with Gasteiger partial charge in [0.2, 0.25) is 0 Å². The van der Waals surface area contributed by atoms with Crippen molar-refractivity contribution >= 4 is 44.0 Å². The maximum atomic E-state index is 5.75. The van der Waals surface area contributed by atoms with E-state index in [-0.39, 0.29) is 6.04 Å². The van der Waals surface area contributed by atoms with E-state index in [0.717, 1.165) is 33.1 Å². The van der Waals surface area contributed by atoms with Crippen LogP contribution in [0.4, 0.5) is 11.5 Å². The zero-order valence-corrected chi connectivity index (χ0v) is 17.9. The fourth-order valence-electron chi connectivity index (χ4n) is 3.52. The van der Waals surface area contributed by atoms with E-state index in [1.807, 2.05) is 19.1 Å². The molecule has 3 N–H and O–H groups in total. The van der Waals surface area contributed by atoms with E-state index in [1.54, 1.807) is 17.7 Å². The van der Waals surface area contributed by atoms with E-state index >= 15 is 0 Å². The van der Waals surface area contributed by atoms with E-state index in [1.165, 1.54) is 16.5 Å². The zero-order valence-electron chi connectivity index (χ0n) is 17.0. The minimum atomic E-state index is -0.158. The highest BCUT2D eigenvalue weighted by molar-refractivity contribution is 7.20. The van der Waals surface area contributed by atoms with Crippen LogP contribution < -0.4 is 11.1 Å². The number of rotatable bonds is 4. The highest BCUT2D eigenvalue weighted by Crippen LogP contribution is 2.31. The molecule has 5 aromatic rings. The van der Waals surface area contributed by atoms with Gasteiger partial charge < -0.3 is 15.6 Å². The lowest BCUT2D eigenvalue weighted by molar-refractivity contribution is 0.837. The van der Waals surface area contributed by atoms with Gasteiger partial charge in [-0.25, -0.2) is 9.97 Å². The number of benzene rings is 2. The van der Waals surface area contributed by atoms with Gasteiger partial charge in [0.25, 0.3) is 0 Å². The van der Waals surface area contributed by atoms with Crippen molar-refractivity contribution in [2.75, 3.05) is 5.32 Å². The molecule has 3 heterocycles. The highest BCUT2D eigenvalue weighted by Gasteiger charge is 2.10. The Labute approximate surface area is 184 Å². The van der Waals surface area contributed by atoms with Crippen LogP contribution in [-0.2, 0) is 6.54 Å². The zero-order chi connectivity index (χ0) is 21.2. The first-order valence-corrected chi connectivity index (χ1v) is 10.9. The number of anilines is 2. The molecule has 5 rings (SSSR count). The molecule has 0 aliphatic rings. The fourth-order valence-corrected chi connectivity index (χ4v) is 4.44. The smallest absolute Gasteiger partial charge is 0.151 e. The second kappa shape index (κ2) is 8.23. The molecule has 6 heteroatoms. The van der Waals surface area contributed by atoms with E-state index in [9.17, 15) is 0 Å². The molecule has 0 bridgehead atoms. The van der Waals surface area contributed by atoms with Gasteiger partial charge in [0.05, 0.1) is 21.1 Å². The Kier molecular flexibility index (Phi) is 5.13. The lowest BCUT2D eigenvalue weighted by atomic mass is 10.2. The SMILES string of the molecule is CC(N)C#Cc1cc2ncnc(Nc3ccc4c(ccn4Cc4ccccc4)c3)c2s1. The third-order valence-electron chi connectivity index (χ3n) is 4.96. The van der Waals surface area contributed by atoms with Crippen LogP contribution in [0.2, 0.25) is 0 Å². The number of hydrogen-bond donors (Lipinski definition) is 2. The van der Waals surface area contributed by atoms with Crippen molar-refractivity contribution in [1.82, 2.24) is 14.5 Å². The van der Waals surface area contributed by atoms with Gasteiger partial charge in [0.15, 0.2) is 5.82 Å².